The third kappa shape index (κ3) is 2.08. The minimum Gasteiger partial charge on any atom is -0.478 e. The number of carboxylic acid groups (broad SMARTS) is 1. The average Bonchev–Trinajstić information content (AvgIpc) is 2.95. The summed E-state index contributed by atoms with van der Waals surface area (Å²) < 4.78 is 6.87. The van der Waals surface area contributed by atoms with E-state index in [4.69, 9.17) is 9.52 Å². The summed E-state index contributed by atoms with van der Waals surface area (Å²) in [5.74, 6) is -0.518. The van der Waals surface area contributed by atoms with E-state index in [1.807, 2.05) is 13.8 Å². The quantitative estimate of drug-likeness (QED) is 0.883. The topological polar surface area (TPSA) is 68.3 Å². The molecule has 2 aromatic heterocycles. The van der Waals surface area contributed by atoms with Crippen LogP contribution < -0.4 is 0 Å². The van der Waals surface area contributed by atoms with Crippen molar-refractivity contribution in [3.05, 3.63) is 30.2 Å². The van der Waals surface area contributed by atoms with Crippen molar-refractivity contribution >= 4 is 5.97 Å². The predicted molar refractivity (Wildman–Crippen MR) is 61.9 cm³/mol. The second-order valence-corrected chi connectivity index (χ2v) is 3.91. The third-order valence-corrected chi connectivity index (χ3v) is 2.76. The van der Waals surface area contributed by atoms with E-state index >= 15 is 0 Å². The van der Waals surface area contributed by atoms with Crippen molar-refractivity contribution in [2.24, 2.45) is 0 Å². The van der Waals surface area contributed by atoms with E-state index in [0.717, 1.165) is 6.42 Å². The van der Waals surface area contributed by atoms with Crippen molar-refractivity contribution in [1.29, 1.82) is 0 Å². The Labute approximate surface area is 98.7 Å². The molecule has 0 amide bonds. The van der Waals surface area contributed by atoms with E-state index in [9.17, 15) is 4.79 Å². The summed E-state index contributed by atoms with van der Waals surface area (Å²) in [6.45, 7) is 4.02. The lowest BCUT2D eigenvalue weighted by molar-refractivity contribution is 0.0697. The number of carbonyl (C=O) groups is 1. The summed E-state index contributed by atoms with van der Waals surface area (Å²) in [6, 6.07) is 3.58. The molecule has 2 heterocycles. The highest BCUT2D eigenvalue weighted by Crippen LogP contribution is 2.24. The molecule has 0 aromatic carbocycles. The smallest absolute Gasteiger partial charge is 0.339 e. The molecule has 90 valence electrons. The molecule has 17 heavy (non-hydrogen) atoms. The van der Waals surface area contributed by atoms with Crippen LogP contribution in [0, 0.1) is 0 Å². The molecule has 0 radical (unpaired) electrons. The second kappa shape index (κ2) is 4.45. The van der Waals surface area contributed by atoms with Crippen molar-refractivity contribution in [1.82, 2.24) is 9.78 Å². The van der Waals surface area contributed by atoms with Gasteiger partial charge in [0.05, 0.1) is 6.26 Å². The van der Waals surface area contributed by atoms with Gasteiger partial charge in [0.25, 0.3) is 0 Å². The van der Waals surface area contributed by atoms with E-state index in [2.05, 4.69) is 5.10 Å². The van der Waals surface area contributed by atoms with E-state index in [1.54, 1.807) is 23.0 Å². The molecule has 0 aliphatic carbocycles. The first-order chi connectivity index (χ1) is 8.13. The maximum atomic E-state index is 11.1. The van der Waals surface area contributed by atoms with Crippen LogP contribution in [0.1, 0.15) is 36.7 Å². The molecule has 0 saturated carbocycles. The van der Waals surface area contributed by atoms with E-state index in [1.165, 1.54) is 6.26 Å². The fraction of sp³-hybridized carbons (Fsp3) is 0.333. The van der Waals surface area contributed by atoms with Crippen molar-refractivity contribution in [2.45, 2.75) is 26.3 Å². The van der Waals surface area contributed by atoms with Crippen LogP contribution in [0.2, 0.25) is 0 Å². The Morgan fingerprint density at radius 3 is 2.94 bits per heavy atom. The van der Waals surface area contributed by atoms with Gasteiger partial charge in [0.2, 0.25) is 0 Å². The lowest BCUT2D eigenvalue weighted by Crippen LogP contribution is -2.04. The van der Waals surface area contributed by atoms with Gasteiger partial charge in [0, 0.05) is 12.2 Å². The molecular formula is C12H14N2O3. The molecule has 0 aliphatic rings. The summed E-state index contributed by atoms with van der Waals surface area (Å²) in [5, 5.41) is 13.4. The monoisotopic (exact) mass is 234 g/mol. The Morgan fingerprint density at radius 2 is 2.41 bits per heavy atom. The van der Waals surface area contributed by atoms with Gasteiger partial charge in [-0.05, 0) is 25.5 Å². The van der Waals surface area contributed by atoms with E-state index < -0.39 is 5.97 Å². The lowest BCUT2D eigenvalue weighted by atomic mass is 10.2. The van der Waals surface area contributed by atoms with Crippen LogP contribution in [0.3, 0.4) is 0 Å². The highest BCUT2D eigenvalue weighted by molar-refractivity contribution is 5.93. The normalized spacial score (nSPS) is 12.6. The van der Waals surface area contributed by atoms with Gasteiger partial charge in [-0.15, -0.1) is 0 Å². The number of furan rings is 1. The molecule has 0 saturated heterocycles. The fourth-order valence-corrected chi connectivity index (χ4v) is 1.56. The number of aromatic nitrogens is 2. The minimum atomic E-state index is -0.994. The number of hydrogen-bond donors (Lipinski definition) is 1. The molecule has 0 bridgehead atoms. The van der Waals surface area contributed by atoms with E-state index in [-0.39, 0.29) is 11.6 Å². The third-order valence-electron chi connectivity index (χ3n) is 2.76. The van der Waals surface area contributed by atoms with Crippen LogP contribution in [0.15, 0.2) is 29.0 Å². The van der Waals surface area contributed by atoms with Gasteiger partial charge in [-0.1, -0.05) is 6.92 Å². The van der Waals surface area contributed by atoms with Crippen LogP contribution in [0.25, 0.3) is 11.5 Å². The van der Waals surface area contributed by atoms with Crippen LogP contribution in [-0.2, 0) is 0 Å². The Morgan fingerprint density at radius 1 is 1.65 bits per heavy atom. The second-order valence-electron chi connectivity index (χ2n) is 3.91. The van der Waals surface area contributed by atoms with Crippen molar-refractivity contribution in [2.75, 3.05) is 0 Å². The maximum Gasteiger partial charge on any atom is 0.339 e. The number of carboxylic acids is 1. The fourth-order valence-electron chi connectivity index (χ4n) is 1.56. The van der Waals surface area contributed by atoms with Gasteiger partial charge in [0.1, 0.15) is 11.3 Å². The highest BCUT2D eigenvalue weighted by Gasteiger charge is 2.20. The molecule has 0 fully saturated rings. The number of nitrogens with zero attached hydrogens (tertiary/aromatic N) is 2. The van der Waals surface area contributed by atoms with Gasteiger partial charge in [-0.3, -0.25) is 4.68 Å². The minimum absolute atomic E-state index is 0.164. The molecule has 5 heteroatoms. The zero-order valence-electron chi connectivity index (χ0n) is 9.75. The van der Waals surface area contributed by atoms with Crippen LogP contribution in [0.4, 0.5) is 0 Å². The molecule has 1 N–H and O–H groups in total. The van der Waals surface area contributed by atoms with Crippen molar-refractivity contribution in [3.63, 3.8) is 0 Å². The van der Waals surface area contributed by atoms with Gasteiger partial charge >= 0.3 is 5.97 Å². The SMILES string of the molecule is CCC(C)n1cc(C(=O)O)c(-c2ccco2)n1. The molecular weight excluding hydrogens is 220 g/mol. The van der Waals surface area contributed by atoms with Crippen molar-refractivity contribution in [3.8, 4) is 11.5 Å². The summed E-state index contributed by atoms with van der Waals surface area (Å²) in [4.78, 5) is 11.1. The van der Waals surface area contributed by atoms with Crippen molar-refractivity contribution < 1.29 is 14.3 Å². The average molecular weight is 234 g/mol. The van der Waals surface area contributed by atoms with E-state index in [0.29, 0.717) is 11.5 Å². The Hall–Kier alpha value is -2.04. The zero-order valence-corrected chi connectivity index (χ0v) is 9.75. The first-order valence-electron chi connectivity index (χ1n) is 5.49. The Balaban J connectivity index is 2.50. The maximum absolute atomic E-state index is 11.1. The highest BCUT2D eigenvalue weighted by atomic mass is 16.4. The lowest BCUT2D eigenvalue weighted by Gasteiger charge is -2.07. The first kappa shape index (κ1) is 11.4. The van der Waals surface area contributed by atoms with Gasteiger partial charge in [-0.2, -0.15) is 5.10 Å². The standard InChI is InChI=1S/C12H14N2O3/c1-3-8(2)14-7-9(12(15)16)11(13-14)10-5-4-6-17-10/h4-8H,3H2,1-2H3,(H,15,16). The number of aromatic carboxylic acids is 1. The molecule has 0 aliphatic heterocycles. The van der Waals surface area contributed by atoms with Gasteiger partial charge < -0.3 is 9.52 Å². The summed E-state index contributed by atoms with van der Waals surface area (Å²) in [5.41, 5.74) is 0.544. The molecule has 1 unspecified atom stereocenters. The van der Waals surface area contributed by atoms with Gasteiger partial charge in [-0.25, -0.2) is 4.79 Å². The van der Waals surface area contributed by atoms with Gasteiger partial charge in [0.15, 0.2) is 5.76 Å². The Bertz CT molecular complexity index is 514. The molecule has 1 atom stereocenters. The number of rotatable bonds is 4. The molecule has 5 nitrogen and oxygen atoms in total. The van der Waals surface area contributed by atoms with Crippen LogP contribution in [-0.4, -0.2) is 20.9 Å². The summed E-state index contributed by atoms with van der Waals surface area (Å²) >= 11 is 0. The summed E-state index contributed by atoms with van der Waals surface area (Å²) in [7, 11) is 0. The summed E-state index contributed by atoms with van der Waals surface area (Å²) in [6.07, 6.45) is 3.94. The Kier molecular flexibility index (Phi) is 2.99. The predicted octanol–water partition coefficient (Wildman–Crippen LogP) is 2.81. The first-order valence-corrected chi connectivity index (χ1v) is 5.49. The molecule has 0 spiro atoms. The molecule has 2 rings (SSSR count). The largest absolute Gasteiger partial charge is 0.478 e. The van der Waals surface area contributed by atoms with Crippen LogP contribution in [0.5, 0.6) is 0 Å². The zero-order chi connectivity index (χ0) is 12.4. The number of hydrogen-bond acceptors (Lipinski definition) is 3. The molecule has 2 aromatic rings. The van der Waals surface area contributed by atoms with Crippen LogP contribution >= 0.6 is 0 Å².